The largest absolute Gasteiger partial charge is 0.472 e. The maximum atomic E-state index is 12.8. The molecule has 0 aromatic heterocycles. The molecule has 0 fully saturated rings. The van der Waals surface area contributed by atoms with Crippen LogP contribution in [0.5, 0.6) is 0 Å². The van der Waals surface area contributed by atoms with Gasteiger partial charge in [-0.1, -0.05) is 248 Å². The molecule has 1 N–H and O–H groups in total. The number of rotatable bonds is 53. The number of phosphoric ester groups is 1. The molecular weight excluding hydrogens is 894 g/mol. The van der Waals surface area contributed by atoms with E-state index >= 15 is 0 Å². The lowest BCUT2D eigenvalue weighted by Gasteiger charge is -2.24. The summed E-state index contributed by atoms with van der Waals surface area (Å²) in [5.74, 6) is -0.791. The minimum atomic E-state index is -4.37. The Bertz CT molecular complexity index is 1370. The molecular formula is C60H111NO8P+. The number of phosphoric acid groups is 1. The van der Waals surface area contributed by atoms with E-state index in [0.29, 0.717) is 23.9 Å². The lowest BCUT2D eigenvalue weighted by Crippen LogP contribution is -2.37. The standard InChI is InChI=1S/C60H110NO8P/c1-6-8-10-12-14-16-17-18-19-20-21-22-23-24-25-26-27-28-29-30-31-32-33-34-35-36-37-38-39-40-41-42-43-45-47-49-51-53-60(63)69-58(57-68-70(64,65)67-55-54-61(3,4)5)56-66-59(62)52-50-48-46-44-15-13-11-9-7-2/h8,10,14,16,18-19,21-22,24-25,58H,6-7,9,11-13,15,17,20,23,26-57H2,1-5H3/p+1/b10-8-,16-14-,19-18-,22-21-,25-24-. The van der Waals surface area contributed by atoms with Gasteiger partial charge in [0, 0.05) is 12.8 Å². The van der Waals surface area contributed by atoms with Crippen LogP contribution in [-0.2, 0) is 32.7 Å². The Balaban J connectivity index is 3.88. The maximum Gasteiger partial charge on any atom is 0.472 e. The summed E-state index contributed by atoms with van der Waals surface area (Å²) in [6, 6.07) is 0. The van der Waals surface area contributed by atoms with Crippen LogP contribution in [-0.4, -0.2) is 74.9 Å². The Hall–Kier alpha value is -2.29. The summed E-state index contributed by atoms with van der Waals surface area (Å²) in [5, 5.41) is 0. The number of esters is 2. The van der Waals surface area contributed by atoms with Crippen LogP contribution in [0.15, 0.2) is 60.8 Å². The first-order valence-electron chi connectivity index (χ1n) is 29.0. The maximum absolute atomic E-state index is 12.8. The number of hydrogen-bond acceptors (Lipinski definition) is 7. The minimum Gasteiger partial charge on any atom is -0.462 e. The topological polar surface area (TPSA) is 108 Å². The Morgan fingerprint density at radius 3 is 1.21 bits per heavy atom. The van der Waals surface area contributed by atoms with Crippen molar-refractivity contribution in [3.63, 3.8) is 0 Å². The van der Waals surface area contributed by atoms with Crippen LogP contribution in [0.4, 0.5) is 0 Å². The summed E-state index contributed by atoms with van der Waals surface area (Å²) in [6.07, 6.45) is 66.1. The van der Waals surface area contributed by atoms with Crippen molar-refractivity contribution in [3.05, 3.63) is 60.8 Å². The van der Waals surface area contributed by atoms with Crippen molar-refractivity contribution in [1.82, 2.24) is 0 Å². The van der Waals surface area contributed by atoms with Crippen LogP contribution >= 0.6 is 7.82 Å². The molecule has 0 amide bonds. The first-order valence-corrected chi connectivity index (χ1v) is 30.5. The third kappa shape index (κ3) is 55.0. The van der Waals surface area contributed by atoms with E-state index in [9.17, 15) is 19.0 Å². The summed E-state index contributed by atoms with van der Waals surface area (Å²) in [6.45, 7) is 4.31. The molecule has 0 aliphatic heterocycles. The molecule has 0 rings (SSSR count). The highest BCUT2D eigenvalue weighted by atomic mass is 31.2. The van der Waals surface area contributed by atoms with Crippen LogP contribution in [0.2, 0.25) is 0 Å². The van der Waals surface area contributed by atoms with Crippen molar-refractivity contribution in [2.24, 2.45) is 0 Å². The normalized spacial score (nSPS) is 13.7. The van der Waals surface area contributed by atoms with Crippen molar-refractivity contribution in [3.8, 4) is 0 Å². The molecule has 0 aromatic rings. The Kier molecular flexibility index (Phi) is 49.9. The highest BCUT2D eigenvalue weighted by Crippen LogP contribution is 2.43. The van der Waals surface area contributed by atoms with Crippen molar-refractivity contribution < 1.29 is 42.1 Å². The van der Waals surface area contributed by atoms with E-state index < -0.39 is 26.5 Å². The Morgan fingerprint density at radius 1 is 0.457 bits per heavy atom. The van der Waals surface area contributed by atoms with Crippen LogP contribution in [0, 0.1) is 0 Å². The number of allylic oxidation sites excluding steroid dienone is 10. The van der Waals surface area contributed by atoms with Gasteiger partial charge in [0.1, 0.15) is 19.8 Å². The van der Waals surface area contributed by atoms with Gasteiger partial charge in [-0.15, -0.1) is 0 Å². The van der Waals surface area contributed by atoms with Gasteiger partial charge in [0.05, 0.1) is 27.7 Å². The van der Waals surface area contributed by atoms with E-state index in [-0.39, 0.29) is 25.6 Å². The van der Waals surface area contributed by atoms with Crippen molar-refractivity contribution >= 4 is 19.8 Å². The minimum absolute atomic E-state index is 0.0334. The van der Waals surface area contributed by atoms with Gasteiger partial charge in [-0.2, -0.15) is 0 Å². The highest BCUT2D eigenvalue weighted by Gasteiger charge is 2.27. The fourth-order valence-corrected chi connectivity index (χ4v) is 8.84. The molecule has 70 heavy (non-hydrogen) atoms. The second-order valence-corrected chi connectivity index (χ2v) is 22.1. The Labute approximate surface area is 432 Å². The van der Waals surface area contributed by atoms with Crippen molar-refractivity contribution in [2.45, 2.75) is 264 Å². The fraction of sp³-hybridized carbons (Fsp3) is 0.800. The predicted molar refractivity (Wildman–Crippen MR) is 298 cm³/mol. The molecule has 0 saturated carbocycles. The second-order valence-electron chi connectivity index (χ2n) is 20.7. The fourth-order valence-electron chi connectivity index (χ4n) is 8.10. The molecule has 0 spiro atoms. The molecule has 0 aromatic carbocycles. The molecule has 10 heteroatoms. The molecule has 0 aliphatic rings. The van der Waals surface area contributed by atoms with E-state index in [2.05, 4.69) is 74.6 Å². The quantitative estimate of drug-likeness (QED) is 0.0211. The summed E-state index contributed by atoms with van der Waals surface area (Å²) in [5.41, 5.74) is 0. The monoisotopic (exact) mass is 1000 g/mol. The van der Waals surface area contributed by atoms with Crippen LogP contribution in [0.3, 0.4) is 0 Å². The molecule has 2 atom stereocenters. The summed E-state index contributed by atoms with van der Waals surface area (Å²) < 4.78 is 34.4. The van der Waals surface area contributed by atoms with Gasteiger partial charge in [0.2, 0.25) is 0 Å². The lowest BCUT2D eigenvalue weighted by atomic mass is 10.0. The molecule has 0 heterocycles. The van der Waals surface area contributed by atoms with Gasteiger partial charge >= 0.3 is 19.8 Å². The number of likely N-dealkylation sites (N-methyl/N-ethyl adjacent to an activating group) is 1. The summed E-state index contributed by atoms with van der Waals surface area (Å²) >= 11 is 0. The van der Waals surface area contributed by atoms with Crippen LogP contribution < -0.4 is 0 Å². The number of quaternary nitrogens is 1. The number of unbranched alkanes of at least 4 members (excludes halogenated alkanes) is 29. The first-order chi connectivity index (χ1) is 34.0. The predicted octanol–water partition coefficient (Wildman–Crippen LogP) is 17.9. The Morgan fingerprint density at radius 2 is 0.814 bits per heavy atom. The molecule has 0 saturated heterocycles. The van der Waals surface area contributed by atoms with E-state index in [0.717, 1.165) is 64.2 Å². The zero-order chi connectivity index (χ0) is 51.3. The van der Waals surface area contributed by atoms with E-state index in [4.69, 9.17) is 18.5 Å². The van der Waals surface area contributed by atoms with Crippen LogP contribution in [0.1, 0.15) is 258 Å². The number of nitrogens with zero attached hydrogens (tertiary/aromatic N) is 1. The zero-order valence-electron chi connectivity index (χ0n) is 46.2. The van der Waals surface area contributed by atoms with Crippen LogP contribution in [0.25, 0.3) is 0 Å². The number of carbonyl (C=O) groups is 2. The van der Waals surface area contributed by atoms with E-state index in [1.54, 1.807) is 0 Å². The number of carbonyl (C=O) groups excluding carboxylic acids is 2. The molecule has 9 nitrogen and oxygen atoms in total. The first kappa shape index (κ1) is 67.7. The summed E-state index contributed by atoms with van der Waals surface area (Å²) in [4.78, 5) is 35.4. The smallest absolute Gasteiger partial charge is 0.462 e. The third-order valence-electron chi connectivity index (χ3n) is 12.6. The molecule has 2 unspecified atom stereocenters. The van der Waals surface area contributed by atoms with Crippen molar-refractivity contribution in [1.29, 1.82) is 0 Å². The third-order valence-corrected chi connectivity index (χ3v) is 13.5. The summed E-state index contributed by atoms with van der Waals surface area (Å²) in [7, 11) is 1.49. The highest BCUT2D eigenvalue weighted by molar-refractivity contribution is 7.47. The molecule has 0 bridgehead atoms. The molecule has 0 radical (unpaired) electrons. The lowest BCUT2D eigenvalue weighted by molar-refractivity contribution is -0.870. The van der Waals surface area contributed by atoms with Crippen molar-refractivity contribution in [2.75, 3.05) is 47.5 Å². The molecule has 408 valence electrons. The second kappa shape index (κ2) is 51.6. The van der Waals surface area contributed by atoms with Gasteiger partial charge in [-0.05, 0) is 57.8 Å². The van der Waals surface area contributed by atoms with E-state index in [1.165, 1.54) is 161 Å². The van der Waals surface area contributed by atoms with Gasteiger partial charge < -0.3 is 18.9 Å². The van der Waals surface area contributed by atoms with Gasteiger partial charge in [-0.25, -0.2) is 4.57 Å². The zero-order valence-corrected chi connectivity index (χ0v) is 47.1. The van der Waals surface area contributed by atoms with Gasteiger partial charge in [0.25, 0.3) is 0 Å². The number of ether oxygens (including phenoxy) is 2. The number of hydrogen-bond donors (Lipinski definition) is 1. The average Bonchev–Trinajstić information content (AvgIpc) is 3.32. The SMILES string of the molecule is CC/C=C\C/C=C\C/C=C\C/C=C\C/C=C\CCCCCCCCCCCCCCCCCCCCCCCC(=O)OC(COC(=O)CCCCCCCCCCC)COP(=O)(O)OCC[N+](C)(C)C. The van der Waals surface area contributed by atoms with Gasteiger partial charge in [0.15, 0.2) is 6.10 Å². The van der Waals surface area contributed by atoms with E-state index in [1.807, 2.05) is 21.1 Å². The average molecular weight is 1010 g/mol. The van der Waals surface area contributed by atoms with Gasteiger partial charge in [-0.3, -0.25) is 18.6 Å². The molecule has 0 aliphatic carbocycles.